The number of aryl methyl sites for hydroxylation is 1. The van der Waals surface area contributed by atoms with Gasteiger partial charge in [-0.05, 0) is 55.5 Å². The Morgan fingerprint density at radius 1 is 1.06 bits per heavy atom. The average molecular weight is 495 g/mol. The van der Waals surface area contributed by atoms with Crippen LogP contribution in [0.5, 0.6) is 0 Å². The van der Waals surface area contributed by atoms with Crippen LogP contribution >= 0.6 is 0 Å². The molecule has 0 aliphatic carbocycles. The molecule has 0 radical (unpaired) electrons. The molecule has 35 heavy (non-hydrogen) atoms. The molecule has 2 N–H and O–H groups in total. The summed E-state index contributed by atoms with van der Waals surface area (Å²) in [5.74, 6) is 1.45. The molecule has 1 fully saturated rings. The number of sulfonamides is 1. The van der Waals surface area contributed by atoms with Gasteiger partial charge in [-0.3, -0.25) is 4.98 Å². The Morgan fingerprint density at radius 3 is 2.60 bits per heavy atom. The number of nitrogen functional groups attached to an aromatic ring is 1. The summed E-state index contributed by atoms with van der Waals surface area (Å²) in [5, 5.41) is 0.976. The highest BCUT2D eigenvalue weighted by Gasteiger charge is 2.27. The minimum absolute atomic E-state index is 0.261. The van der Waals surface area contributed by atoms with E-state index in [0.29, 0.717) is 50.6 Å². The number of unbranched alkanes of at least 4 members (excludes halogenated alkanes) is 1. The molecule has 4 aromatic rings. The number of ether oxygens (including phenoxy) is 1. The number of rotatable bonds is 9. The minimum atomic E-state index is -3.07. The molecule has 1 aromatic carbocycles. The number of hydrogen-bond acceptors (Lipinski definition) is 7. The molecule has 1 saturated heterocycles. The monoisotopic (exact) mass is 494 g/mol. The Hall–Kier alpha value is -3.08. The van der Waals surface area contributed by atoms with Gasteiger partial charge in [0.25, 0.3) is 0 Å². The van der Waals surface area contributed by atoms with Crippen LogP contribution in [0.4, 0.5) is 5.82 Å². The van der Waals surface area contributed by atoms with Crippen LogP contribution in [0.15, 0.2) is 42.7 Å². The third kappa shape index (κ3) is 4.73. The third-order valence-electron chi connectivity index (χ3n) is 6.47. The molecule has 1 aliphatic rings. The molecule has 184 valence electrons. The second-order valence-electron chi connectivity index (χ2n) is 8.75. The van der Waals surface area contributed by atoms with Crippen molar-refractivity contribution in [3.05, 3.63) is 48.5 Å². The van der Waals surface area contributed by atoms with Crippen molar-refractivity contribution in [1.82, 2.24) is 23.8 Å². The molecule has 0 spiro atoms. The van der Waals surface area contributed by atoms with E-state index in [2.05, 4.69) is 26.7 Å². The normalized spacial score (nSPS) is 15.9. The van der Waals surface area contributed by atoms with Gasteiger partial charge in [0.2, 0.25) is 10.0 Å². The van der Waals surface area contributed by atoms with Crippen molar-refractivity contribution in [2.24, 2.45) is 0 Å². The number of imidazole rings is 1. The number of nitrogens with two attached hydrogens (primary N) is 1. The molecule has 3 aromatic heterocycles. The molecule has 10 heteroatoms. The maximum absolute atomic E-state index is 12.1. The van der Waals surface area contributed by atoms with Gasteiger partial charge < -0.3 is 15.0 Å². The van der Waals surface area contributed by atoms with E-state index >= 15 is 0 Å². The highest BCUT2D eigenvalue weighted by molar-refractivity contribution is 7.89. The highest BCUT2D eigenvalue weighted by atomic mass is 32.2. The summed E-state index contributed by atoms with van der Waals surface area (Å²) in [4.78, 5) is 13.6. The van der Waals surface area contributed by atoms with E-state index in [1.807, 2.05) is 25.1 Å². The number of hydrogen-bond donors (Lipinski definition) is 1. The van der Waals surface area contributed by atoms with Crippen molar-refractivity contribution in [3.8, 4) is 11.1 Å². The second-order valence-corrected chi connectivity index (χ2v) is 10.8. The zero-order valence-corrected chi connectivity index (χ0v) is 20.7. The fourth-order valence-electron chi connectivity index (χ4n) is 4.73. The predicted molar refractivity (Wildman–Crippen MR) is 137 cm³/mol. The molecular formula is C25H30N6O3S. The lowest BCUT2D eigenvalue weighted by atomic mass is 10.0. The summed E-state index contributed by atoms with van der Waals surface area (Å²) in [5.41, 5.74) is 10.9. The van der Waals surface area contributed by atoms with E-state index in [1.54, 1.807) is 16.7 Å². The van der Waals surface area contributed by atoms with Crippen LogP contribution in [0.1, 0.15) is 32.0 Å². The average Bonchev–Trinajstić information content (AvgIpc) is 3.40. The molecule has 0 amide bonds. The molecular weight excluding hydrogens is 464 g/mol. The van der Waals surface area contributed by atoms with Crippen molar-refractivity contribution in [2.45, 2.75) is 39.3 Å². The van der Waals surface area contributed by atoms with Gasteiger partial charge in [-0.2, -0.15) is 0 Å². The van der Waals surface area contributed by atoms with Gasteiger partial charge in [-0.1, -0.05) is 12.1 Å². The Balaban J connectivity index is 1.49. The fourth-order valence-corrected chi connectivity index (χ4v) is 6.29. The van der Waals surface area contributed by atoms with E-state index in [-0.39, 0.29) is 5.75 Å². The van der Waals surface area contributed by atoms with Crippen molar-refractivity contribution in [2.75, 3.05) is 31.2 Å². The van der Waals surface area contributed by atoms with Crippen LogP contribution in [0.2, 0.25) is 0 Å². The number of pyridine rings is 2. The quantitative estimate of drug-likeness (QED) is 0.354. The summed E-state index contributed by atoms with van der Waals surface area (Å²) in [6, 6.07) is 10.1. The predicted octanol–water partition coefficient (Wildman–Crippen LogP) is 3.58. The van der Waals surface area contributed by atoms with E-state index in [1.165, 1.54) is 0 Å². The smallest absolute Gasteiger partial charge is 0.214 e. The lowest BCUT2D eigenvalue weighted by molar-refractivity contribution is 0.126. The molecule has 0 saturated carbocycles. The Labute approximate surface area is 205 Å². The topological polar surface area (TPSA) is 116 Å². The summed E-state index contributed by atoms with van der Waals surface area (Å²) < 4.78 is 33.7. The SMILES string of the molecule is CCOCc1nc2c(N)nc3cc(-c4ccncc4)ccc3c2n1CCCCN1CCCS1(=O)=O. The number of nitrogens with zero attached hydrogens (tertiary/aromatic N) is 5. The maximum atomic E-state index is 12.1. The first-order valence-corrected chi connectivity index (χ1v) is 13.6. The molecule has 1 aliphatic heterocycles. The standard InChI is InChI=1S/C25H30N6O3S/c1-2-34-17-22-29-23-24(31(22)14-4-3-12-30-13-5-15-35(30,32)33)20-7-6-19(16-21(20)28-25(23)26)18-8-10-27-11-9-18/h6-11,16H,2-5,12-15,17H2,1H3,(H2,26,28). The van der Waals surface area contributed by atoms with E-state index in [4.69, 9.17) is 15.5 Å². The molecule has 0 atom stereocenters. The van der Waals surface area contributed by atoms with Crippen LogP contribution in [0.25, 0.3) is 33.1 Å². The lowest BCUT2D eigenvalue weighted by Gasteiger charge is -2.15. The molecule has 4 heterocycles. The van der Waals surface area contributed by atoms with Crippen LogP contribution in [-0.4, -0.2) is 57.7 Å². The maximum Gasteiger partial charge on any atom is 0.214 e. The number of anilines is 1. The van der Waals surface area contributed by atoms with Crippen molar-refractivity contribution in [1.29, 1.82) is 0 Å². The van der Waals surface area contributed by atoms with Crippen molar-refractivity contribution < 1.29 is 13.2 Å². The Bertz CT molecular complexity index is 1450. The Morgan fingerprint density at radius 2 is 1.86 bits per heavy atom. The zero-order valence-electron chi connectivity index (χ0n) is 19.9. The molecule has 5 rings (SSSR count). The number of aromatic nitrogens is 4. The zero-order chi connectivity index (χ0) is 24.4. The summed E-state index contributed by atoms with van der Waals surface area (Å²) >= 11 is 0. The van der Waals surface area contributed by atoms with Gasteiger partial charge in [0.05, 0.1) is 16.8 Å². The second kappa shape index (κ2) is 9.88. The summed E-state index contributed by atoms with van der Waals surface area (Å²) in [6.07, 6.45) is 5.85. The van der Waals surface area contributed by atoms with E-state index < -0.39 is 10.0 Å². The highest BCUT2D eigenvalue weighted by Crippen LogP contribution is 2.32. The van der Waals surface area contributed by atoms with Crippen LogP contribution in [0, 0.1) is 0 Å². The van der Waals surface area contributed by atoms with Crippen molar-refractivity contribution >= 4 is 37.8 Å². The van der Waals surface area contributed by atoms with Gasteiger partial charge in [-0.25, -0.2) is 22.7 Å². The van der Waals surface area contributed by atoms with Crippen LogP contribution in [0.3, 0.4) is 0 Å². The molecule has 0 bridgehead atoms. The van der Waals surface area contributed by atoms with Crippen LogP contribution < -0.4 is 5.73 Å². The van der Waals surface area contributed by atoms with Gasteiger partial charge in [0.15, 0.2) is 5.82 Å². The molecule has 9 nitrogen and oxygen atoms in total. The number of fused-ring (bicyclic) bond motifs is 3. The first-order chi connectivity index (χ1) is 17.0. The van der Waals surface area contributed by atoms with Gasteiger partial charge >= 0.3 is 0 Å². The lowest BCUT2D eigenvalue weighted by Crippen LogP contribution is -2.26. The molecule has 0 unspecified atom stereocenters. The first-order valence-electron chi connectivity index (χ1n) is 12.0. The van der Waals surface area contributed by atoms with E-state index in [9.17, 15) is 8.42 Å². The minimum Gasteiger partial charge on any atom is -0.382 e. The fraction of sp³-hybridized carbons (Fsp3) is 0.400. The van der Waals surface area contributed by atoms with Crippen LogP contribution in [-0.2, 0) is 27.9 Å². The van der Waals surface area contributed by atoms with Gasteiger partial charge in [0, 0.05) is 44.0 Å². The Kier molecular flexibility index (Phi) is 6.68. The van der Waals surface area contributed by atoms with Crippen molar-refractivity contribution in [3.63, 3.8) is 0 Å². The summed E-state index contributed by atoms with van der Waals surface area (Å²) in [7, 11) is -3.07. The number of benzene rings is 1. The van der Waals surface area contributed by atoms with Gasteiger partial charge in [0.1, 0.15) is 17.9 Å². The summed E-state index contributed by atoms with van der Waals surface area (Å²) in [6.45, 7) is 4.78. The third-order valence-corrected chi connectivity index (χ3v) is 8.43. The van der Waals surface area contributed by atoms with Gasteiger partial charge in [-0.15, -0.1) is 0 Å². The van der Waals surface area contributed by atoms with E-state index in [0.717, 1.165) is 46.2 Å². The largest absolute Gasteiger partial charge is 0.382 e. The first kappa shape index (κ1) is 23.7.